The number of nitrogens with two attached hydrogens (primary N) is 1. The molecule has 1 aromatic heterocycles. The molecule has 0 spiro atoms. The maximum Gasteiger partial charge on any atom is 0.218 e. The van der Waals surface area contributed by atoms with Gasteiger partial charge in [0.2, 0.25) is 5.91 Å². The van der Waals surface area contributed by atoms with E-state index in [1.165, 1.54) is 10.9 Å². The Labute approximate surface area is 101 Å². The molecule has 1 amide bonds. The van der Waals surface area contributed by atoms with Crippen molar-refractivity contribution in [1.29, 1.82) is 0 Å². The summed E-state index contributed by atoms with van der Waals surface area (Å²) >= 11 is 0. The second-order valence-corrected chi connectivity index (χ2v) is 4.81. The molecule has 0 aliphatic heterocycles. The van der Waals surface area contributed by atoms with Gasteiger partial charge in [-0.05, 0) is 23.5 Å². The molecule has 3 nitrogen and oxygen atoms in total. The summed E-state index contributed by atoms with van der Waals surface area (Å²) in [5.41, 5.74) is 7.63. The molecule has 3 heteroatoms. The standard InChI is InChI=1S/C14H18N2O/c1-9(2)11(7-14(15)17)12-8-16-13-6-4-3-5-10(12)13/h3-6,8-9,11,16H,7H2,1-2H3,(H2,15,17)/t11-/m1/s1. The number of hydrogen-bond acceptors (Lipinski definition) is 1. The molecule has 3 N–H and O–H groups in total. The minimum Gasteiger partial charge on any atom is -0.370 e. The van der Waals surface area contributed by atoms with Gasteiger partial charge in [0, 0.05) is 23.5 Å². The molecule has 0 aliphatic carbocycles. The van der Waals surface area contributed by atoms with E-state index >= 15 is 0 Å². The lowest BCUT2D eigenvalue weighted by atomic mass is 9.85. The van der Waals surface area contributed by atoms with Gasteiger partial charge in [-0.3, -0.25) is 4.79 Å². The number of nitrogens with one attached hydrogen (secondary N) is 1. The van der Waals surface area contributed by atoms with Crippen LogP contribution >= 0.6 is 0 Å². The third-order valence-electron chi connectivity index (χ3n) is 3.25. The van der Waals surface area contributed by atoms with Crippen LogP contribution in [0, 0.1) is 5.92 Å². The molecular weight excluding hydrogens is 212 g/mol. The van der Waals surface area contributed by atoms with Gasteiger partial charge in [-0.1, -0.05) is 32.0 Å². The maximum absolute atomic E-state index is 11.2. The molecule has 1 aromatic carbocycles. The monoisotopic (exact) mass is 230 g/mol. The van der Waals surface area contributed by atoms with Gasteiger partial charge in [-0.15, -0.1) is 0 Å². The summed E-state index contributed by atoms with van der Waals surface area (Å²) in [4.78, 5) is 14.4. The molecule has 17 heavy (non-hydrogen) atoms. The number of rotatable bonds is 4. The second kappa shape index (κ2) is 4.62. The van der Waals surface area contributed by atoms with Crippen LogP contribution in [0.3, 0.4) is 0 Å². The number of H-pyrrole nitrogens is 1. The second-order valence-electron chi connectivity index (χ2n) is 4.81. The fourth-order valence-electron chi connectivity index (χ4n) is 2.32. The largest absolute Gasteiger partial charge is 0.370 e. The zero-order chi connectivity index (χ0) is 12.4. The smallest absolute Gasteiger partial charge is 0.218 e. The van der Waals surface area contributed by atoms with E-state index in [2.05, 4.69) is 24.9 Å². The van der Waals surface area contributed by atoms with Gasteiger partial charge >= 0.3 is 0 Å². The molecule has 0 saturated carbocycles. The molecule has 2 rings (SSSR count). The Balaban J connectivity index is 2.45. The number of para-hydroxylation sites is 1. The Morgan fingerprint density at radius 3 is 2.71 bits per heavy atom. The van der Waals surface area contributed by atoms with Crippen LogP contribution in [0.4, 0.5) is 0 Å². The van der Waals surface area contributed by atoms with E-state index in [0.29, 0.717) is 12.3 Å². The van der Waals surface area contributed by atoms with Crippen molar-refractivity contribution < 1.29 is 4.79 Å². The molecule has 1 atom stereocenters. The summed E-state index contributed by atoms with van der Waals surface area (Å²) in [5.74, 6) is 0.333. The zero-order valence-corrected chi connectivity index (χ0v) is 10.2. The van der Waals surface area contributed by atoms with E-state index < -0.39 is 0 Å². The molecular formula is C14H18N2O. The van der Waals surface area contributed by atoms with E-state index in [9.17, 15) is 4.79 Å². The van der Waals surface area contributed by atoms with Crippen LogP contribution in [0.25, 0.3) is 10.9 Å². The first-order valence-corrected chi connectivity index (χ1v) is 5.94. The summed E-state index contributed by atoms with van der Waals surface area (Å²) in [6, 6.07) is 8.14. The fraction of sp³-hybridized carbons (Fsp3) is 0.357. The highest BCUT2D eigenvalue weighted by Crippen LogP contribution is 2.32. The number of benzene rings is 1. The number of primary amides is 1. The van der Waals surface area contributed by atoms with Crippen LogP contribution in [0.15, 0.2) is 30.5 Å². The molecule has 0 saturated heterocycles. The average Bonchev–Trinajstić information content (AvgIpc) is 2.69. The molecule has 1 heterocycles. The van der Waals surface area contributed by atoms with Gasteiger partial charge in [-0.2, -0.15) is 0 Å². The summed E-state index contributed by atoms with van der Waals surface area (Å²) in [6.45, 7) is 4.24. The first-order chi connectivity index (χ1) is 8.09. The van der Waals surface area contributed by atoms with E-state index in [-0.39, 0.29) is 11.8 Å². The minimum atomic E-state index is -0.242. The van der Waals surface area contributed by atoms with Crippen molar-refractivity contribution in [3.63, 3.8) is 0 Å². The Kier molecular flexibility index (Phi) is 3.18. The number of aromatic amines is 1. The van der Waals surface area contributed by atoms with Gasteiger partial charge in [-0.25, -0.2) is 0 Å². The van der Waals surface area contributed by atoms with Crippen molar-refractivity contribution in [3.8, 4) is 0 Å². The van der Waals surface area contributed by atoms with Crippen molar-refractivity contribution in [3.05, 3.63) is 36.0 Å². The van der Waals surface area contributed by atoms with Crippen LogP contribution in [-0.4, -0.2) is 10.9 Å². The van der Waals surface area contributed by atoms with Crippen molar-refractivity contribution >= 4 is 16.8 Å². The lowest BCUT2D eigenvalue weighted by molar-refractivity contribution is -0.118. The first-order valence-electron chi connectivity index (χ1n) is 5.94. The number of amides is 1. The Morgan fingerprint density at radius 1 is 1.35 bits per heavy atom. The van der Waals surface area contributed by atoms with E-state index in [1.807, 2.05) is 24.4 Å². The third-order valence-corrected chi connectivity index (χ3v) is 3.25. The average molecular weight is 230 g/mol. The van der Waals surface area contributed by atoms with Gasteiger partial charge in [0.25, 0.3) is 0 Å². The topological polar surface area (TPSA) is 58.9 Å². The number of carbonyl (C=O) groups is 1. The molecule has 0 aliphatic rings. The Bertz CT molecular complexity index is 528. The molecule has 2 aromatic rings. The highest BCUT2D eigenvalue weighted by molar-refractivity contribution is 5.84. The highest BCUT2D eigenvalue weighted by Gasteiger charge is 2.21. The first kappa shape index (κ1) is 11.7. The van der Waals surface area contributed by atoms with E-state index in [0.717, 1.165) is 5.52 Å². The van der Waals surface area contributed by atoms with Crippen LogP contribution in [0.2, 0.25) is 0 Å². The lowest BCUT2D eigenvalue weighted by Gasteiger charge is -2.18. The number of fused-ring (bicyclic) bond motifs is 1. The summed E-state index contributed by atoms with van der Waals surface area (Å²) in [7, 11) is 0. The van der Waals surface area contributed by atoms with Gasteiger partial charge in [0.15, 0.2) is 0 Å². The number of carbonyl (C=O) groups excluding carboxylic acids is 1. The molecule has 90 valence electrons. The van der Waals surface area contributed by atoms with Gasteiger partial charge in [0.05, 0.1) is 0 Å². The van der Waals surface area contributed by atoms with Crippen molar-refractivity contribution in [2.24, 2.45) is 11.7 Å². The Hall–Kier alpha value is -1.77. The lowest BCUT2D eigenvalue weighted by Crippen LogP contribution is -2.18. The number of hydrogen-bond donors (Lipinski definition) is 2. The van der Waals surface area contributed by atoms with Crippen molar-refractivity contribution in [2.75, 3.05) is 0 Å². The summed E-state index contributed by atoms with van der Waals surface area (Å²) in [5, 5.41) is 1.19. The van der Waals surface area contributed by atoms with Gasteiger partial charge < -0.3 is 10.7 Å². The quantitative estimate of drug-likeness (QED) is 0.833. The Morgan fingerprint density at radius 2 is 2.06 bits per heavy atom. The summed E-state index contributed by atoms with van der Waals surface area (Å²) < 4.78 is 0. The molecule has 0 fully saturated rings. The minimum absolute atomic E-state index is 0.184. The van der Waals surface area contributed by atoms with E-state index in [1.54, 1.807) is 0 Å². The summed E-state index contributed by atoms with van der Waals surface area (Å²) in [6.07, 6.45) is 2.40. The van der Waals surface area contributed by atoms with E-state index in [4.69, 9.17) is 5.73 Å². The highest BCUT2D eigenvalue weighted by atomic mass is 16.1. The van der Waals surface area contributed by atoms with Crippen molar-refractivity contribution in [1.82, 2.24) is 4.98 Å². The predicted molar refractivity (Wildman–Crippen MR) is 69.7 cm³/mol. The predicted octanol–water partition coefficient (Wildman–Crippen LogP) is 2.78. The SMILES string of the molecule is CC(C)[C@@H](CC(N)=O)c1c[nH]c2ccccc12. The molecule has 0 unspecified atom stereocenters. The van der Waals surface area contributed by atoms with Crippen LogP contribution in [0.1, 0.15) is 31.7 Å². The molecule has 0 bridgehead atoms. The number of aromatic nitrogens is 1. The fourth-order valence-corrected chi connectivity index (χ4v) is 2.32. The zero-order valence-electron chi connectivity index (χ0n) is 10.2. The van der Waals surface area contributed by atoms with Crippen molar-refractivity contribution in [2.45, 2.75) is 26.2 Å². The molecule has 0 radical (unpaired) electrons. The normalized spacial score (nSPS) is 13.1. The van der Waals surface area contributed by atoms with Crippen LogP contribution < -0.4 is 5.73 Å². The third kappa shape index (κ3) is 2.33. The van der Waals surface area contributed by atoms with Crippen LogP contribution in [0.5, 0.6) is 0 Å². The van der Waals surface area contributed by atoms with Crippen LogP contribution in [-0.2, 0) is 4.79 Å². The maximum atomic E-state index is 11.2. The van der Waals surface area contributed by atoms with Gasteiger partial charge in [0.1, 0.15) is 0 Å².